The van der Waals surface area contributed by atoms with Crippen LogP contribution in [0.2, 0.25) is 0 Å². The van der Waals surface area contributed by atoms with Gasteiger partial charge in [0.2, 0.25) is 0 Å². The fourth-order valence-corrected chi connectivity index (χ4v) is 3.43. The Kier molecular flexibility index (Phi) is 5.49. The van der Waals surface area contributed by atoms with E-state index in [1.807, 2.05) is 35.1 Å². The SMILES string of the molecule is Cc1cc(OCc2ccccc2)ccc1-c1cn(CC2CCCCO2)nn1. The lowest BCUT2D eigenvalue weighted by Gasteiger charge is -2.21. The third-order valence-electron chi connectivity index (χ3n) is 4.93. The van der Waals surface area contributed by atoms with Gasteiger partial charge in [-0.3, -0.25) is 0 Å². The van der Waals surface area contributed by atoms with Gasteiger partial charge in [-0.1, -0.05) is 35.5 Å². The Bertz CT molecular complexity index is 870. The smallest absolute Gasteiger partial charge is 0.120 e. The predicted octanol–water partition coefficient (Wildman–Crippen LogP) is 4.40. The molecule has 0 amide bonds. The van der Waals surface area contributed by atoms with E-state index in [2.05, 4.69) is 41.5 Å². The van der Waals surface area contributed by atoms with E-state index in [4.69, 9.17) is 9.47 Å². The average molecular weight is 363 g/mol. The molecule has 0 N–H and O–H groups in total. The molecule has 4 rings (SSSR count). The van der Waals surface area contributed by atoms with Crippen molar-refractivity contribution in [3.8, 4) is 17.0 Å². The maximum Gasteiger partial charge on any atom is 0.120 e. The van der Waals surface area contributed by atoms with E-state index in [1.165, 1.54) is 6.42 Å². The molecule has 0 spiro atoms. The average Bonchev–Trinajstić information content (AvgIpc) is 3.16. The molecule has 27 heavy (non-hydrogen) atoms. The minimum atomic E-state index is 0.253. The van der Waals surface area contributed by atoms with Gasteiger partial charge >= 0.3 is 0 Å². The maximum atomic E-state index is 5.91. The van der Waals surface area contributed by atoms with E-state index in [-0.39, 0.29) is 6.10 Å². The Morgan fingerprint density at radius 2 is 2.04 bits per heavy atom. The number of benzene rings is 2. The first-order valence-corrected chi connectivity index (χ1v) is 9.57. The molecule has 5 heteroatoms. The number of nitrogens with zero attached hydrogens (tertiary/aromatic N) is 3. The van der Waals surface area contributed by atoms with Gasteiger partial charge in [0.15, 0.2) is 0 Å². The zero-order valence-electron chi connectivity index (χ0n) is 15.7. The van der Waals surface area contributed by atoms with Crippen molar-refractivity contribution < 1.29 is 9.47 Å². The zero-order chi connectivity index (χ0) is 18.5. The molecule has 0 aliphatic carbocycles. The standard InChI is InChI=1S/C22H25N3O2/c1-17-13-19(27-16-18-7-3-2-4-8-18)10-11-21(17)22-15-25(24-23-22)14-20-9-5-6-12-26-20/h2-4,7-8,10-11,13,15,20H,5-6,9,12,14,16H2,1H3. The van der Waals surface area contributed by atoms with E-state index in [0.29, 0.717) is 6.61 Å². The lowest BCUT2D eigenvalue weighted by molar-refractivity contribution is 0.00370. The number of ether oxygens (including phenoxy) is 2. The second-order valence-electron chi connectivity index (χ2n) is 7.07. The number of rotatable bonds is 6. The van der Waals surface area contributed by atoms with Crippen LogP contribution in [0.15, 0.2) is 54.7 Å². The molecule has 2 aromatic carbocycles. The summed E-state index contributed by atoms with van der Waals surface area (Å²) in [5.41, 5.74) is 4.25. The Balaban J connectivity index is 1.41. The summed E-state index contributed by atoms with van der Waals surface area (Å²) in [5, 5.41) is 8.63. The molecule has 140 valence electrons. The summed E-state index contributed by atoms with van der Waals surface area (Å²) < 4.78 is 13.6. The number of hydrogen-bond acceptors (Lipinski definition) is 4. The van der Waals surface area contributed by atoms with Gasteiger partial charge in [-0.15, -0.1) is 5.10 Å². The molecule has 1 aromatic heterocycles. The van der Waals surface area contributed by atoms with E-state index in [1.54, 1.807) is 0 Å². The van der Waals surface area contributed by atoms with Crippen LogP contribution in [-0.4, -0.2) is 27.7 Å². The molecule has 5 nitrogen and oxygen atoms in total. The first-order valence-electron chi connectivity index (χ1n) is 9.57. The van der Waals surface area contributed by atoms with Crippen molar-refractivity contribution >= 4 is 0 Å². The summed E-state index contributed by atoms with van der Waals surface area (Å²) >= 11 is 0. The summed E-state index contributed by atoms with van der Waals surface area (Å²) in [5.74, 6) is 0.864. The Morgan fingerprint density at radius 1 is 1.15 bits per heavy atom. The highest BCUT2D eigenvalue weighted by atomic mass is 16.5. The Hall–Kier alpha value is -2.66. The lowest BCUT2D eigenvalue weighted by atomic mass is 10.1. The molecule has 0 bridgehead atoms. The second kappa shape index (κ2) is 8.35. The molecule has 1 unspecified atom stereocenters. The largest absolute Gasteiger partial charge is 0.489 e. The maximum absolute atomic E-state index is 5.91. The summed E-state index contributed by atoms with van der Waals surface area (Å²) in [6, 6.07) is 16.3. The van der Waals surface area contributed by atoms with Gasteiger partial charge in [0.25, 0.3) is 0 Å². The van der Waals surface area contributed by atoms with Crippen molar-refractivity contribution in [3.05, 3.63) is 65.9 Å². The zero-order valence-corrected chi connectivity index (χ0v) is 15.7. The topological polar surface area (TPSA) is 49.2 Å². The number of aryl methyl sites for hydroxylation is 1. The second-order valence-corrected chi connectivity index (χ2v) is 7.07. The van der Waals surface area contributed by atoms with Crippen LogP contribution in [0, 0.1) is 6.92 Å². The van der Waals surface area contributed by atoms with Crippen LogP contribution in [0.3, 0.4) is 0 Å². The number of hydrogen-bond donors (Lipinski definition) is 0. The van der Waals surface area contributed by atoms with E-state index >= 15 is 0 Å². The van der Waals surface area contributed by atoms with Crippen molar-refractivity contribution in [2.24, 2.45) is 0 Å². The Labute approximate surface area is 159 Å². The summed E-state index contributed by atoms with van der Waals surface area (Å²) in [7, 11) is 0. The highest BCUT2D eigenvalue weighted by Gasteiger charge is 2.16. The molecular weight excluding hydrogens is 338 g/mol. The summed E-state index contributed by atoms with van der Waals surface area (Å²) in [6.07, 6.45) is 5.75. The molecule has 0 radical (unpaired) electrons. The van der Waals surface area contributed by atoms with Crippen LogP contribution in [0.1, 0.15) is 30.4 Å². The third-order valence-corrected chi connectivity index (χ3v) is 4.93. The van der Waals surface area contributed by atoms with E-state index in [9.17, 15) is 0 Å². The quantitative estimate of drug-likeness (QED) is 0.651. The highest BCUT2D eigenvalue weighted by Crippen LogP contribution is 2.26. The first kappa shape index (κ1) is 17.7. The molecule has 1 atom stereocenters. The van der Waals surface area contributed by atoms with Crippen molar-refractivity contribution in [1.82, 2.24) is 15.0 Å². The van der Waals surface area contributed by atoms with Gasteiger partial charge < -0.3 is 9.47 Å². The molecule has 1 saturated heterocycles. The highest BCUT2D eigenvalue weighted by molar-refractivity contribution is 5.63. The van der Waals surface area contributed by atoms with Crippen LogP contribution < -0.4 is 4.74 Å². The van der Waals surface area contributed by atoms with Crippen molar-refractivity contribution in [1.29, 1.82) is 0 Å². The summed E-state index contributed by atoms with van der Waals surface area (Å²) in [6.45, 7) is 4.27. The third kappa shape index (κ3) is 4.55. The van der Waals surface area contributed by atoms with Crippen molar-refractivity contribution in [2.45, 2.75) is 45.4 Å². The van der Waals surface area contributed by atoms with Crippen molar-refractivity contribution in [3.63, 3.8) is 0 Å². The normalized spacial score (nSPS) is 17.0. The molecule has 0 saturated carbocycles. The van der Waals surface area contributed by atoms with Crippen LogP contribution in [-0.2, 0) is 17.9 Å². The minimum Gasteiger partial charge on any atom is -0.489 e. The van der Waals surface area contributed by atoms with Gasteiger partial charge in [-0.2, -0.15) is 0 Å². The molecule has 3 aromatic rings. The lowest BCUT2D eigenvalue weighted by Crippen LogP contribution is -2.24. The van der Waals surface area contributed by atoms with Crippen LogP contribution in [0.25, 0.3) is 11.3 Å². The monoisotopic (exact) mass is 363 g/mol. The minimum absolute atomic E-state index is 0.253. The predicted molar refractivity (Wildman–Crippen MR) is 105 cm³/mol. The van der Waals surface area contributed by atoms with Gasteiger partial charge in [0.05, 0.1) is 18.8 Å². The Morgan fingerprint density at radius 3 is 2.81 bits per heavy atom. The van der Waals surface area contributed by atoms with Gasteiger partial charge in [-0.05, 0) is 55.5 Å². The van der Waals surface area contributed by atoms with Gasteiger partial charge in [0, 0.05) is 12.2 Å². The molecule has 1 aliphatic rings. The fourth-order valence-electron chi connectivity index (χ4n) is 3.43. The number of aromatic nitrogens is 3. The molecule has 1 fully saturated rings. The van der Waals surface area contributed by atoms with Crippen LogP contribution in [0.5, 0.6) is 5.75 Å². The van der Waals surface area contributed by atoms with Crippen LogP contribution >= 0.6 is 0 Å². The fraction of sp³-hybridized carbons (Fsp3) is 0.364. The van der Waals surface area contributed by atoms with Gasteiger partial charge in [0.1, 0.15) is 18.1 Å². The van der Waals surface area contributed by atoms with E-state index < -0.39 is 0 Å². The molecule has 1 aliphatic heterocycles. The van der Waals surface area contributed by atoms with Gasteiger partial charge in [-0.25, -0.2) is 4.68 Å². The van der Waals surface area contributed by atoms with Crippen LogP contribution in [0.4, 0.5) is 0 Å². The molecular formula is C22H25N3O2. The van der Waals surface area contributed by atoms with Crippen molar-refractivity contribution in [2.75, 3.05) is 6.61 Å². The summed E-state index contributed by atoms with van der Waals surface area (Å²) in [4.78, 5) is 0. The first-order chi connectivity index (χ1) is 13.3. The molecule has 2 heterocycles. The van der Waals surface area contributed by atoms with E-state index in [0.717, 1.165) is 54.1 Å².